The van der Waals surface area contributed by atoms with Crippen LogP contribution in [0.3, 0.4) is 0 Å². The monoisotopic (exact) mass is 398 g/mol. The summed E-state index contributed by atoms with van der Waals surface area (Å²) in [6, 6.07) is 6.88. The number of guanidine groups is 1. The molecule has 27 heavy (non-hydrogen) atoms. The minimum Gasteiger partial charge on any atom is -0.357 e. The van der Waals surface area contributed by atoms with Gasteiger partial charge in [-0.2, -0.15) is 0 Å². The molecule has 0 spiro atoms. The summed E-state index contributed by atoms with van der Waals surface area (Å²) in [4.78, 5) is 4.60. The van der Waals surface area contributed by atoms with E-state index in [-0.39, 0.29) is 17.6 Å². The number of aliphatic imine (C=N–C) groups is 1. The van der Waals surface area contributed by atoms with Gasteiger partial charge in [0.2, 0.25) is 10.0 Å². The fraction of sp³-hybridized carbons (Fsp3) is 0.632. The van der Waals surface area contributed by atoms with Crippen LogP contribution in [0.25, 0.3) is 0 Å². The summed E-state index contributed by atoms with van der Waals surface area (Å²) in [5.74, 6) is 0.705. The highest BCUT2D eigenvalue weighted by atomic mass is 32.2. The second-order valence-corrected chi connectivity index (χ2v) is 8.97. The molecule has 2 rings (SSSR count). The molecule has 0 saturated carbocycles. The Morgan fingerprint density at radius 1 is 1.30 bits per heavy atom. The Bertz CT molecular complexity index is 716. The van der Waals surface area contributed by atoms with E-state index in [4.69, 9.17) is 0 Å². The number of halogens is 1. The van der Waals surface area contributed by atoms with Crippen LogP contribution in [0.5, 0.6) is 0 Å². The lowest BCUT2D eigenvalue weighted by atomic mass is 10.1. The highest BCUT2D eigenvalue weighted by Crippen LogP contribution is 2.14. The Balaban J connectivity index is 1.80. The van der Waals surface area contributed by atoms with E-state index in [1.807, 2.05) is 13.0 Å². The molecule has 0 atom stereocenters. The van der Waals surface area contributed by atoms with Gasteiger partial charge in [-0.25, -0.2) is 17.1 Å². The van der Waals surface area contributed by atoms with Crippen LogP contribution < -0.4 is 10.6 Å². The number of benzene rings is 1. The molecule has 1 aliphatic rings. The van der Waals surface area contributed by atoms with E-state index >= 15 is 0 Å². The van der Waals surface area contributed by atoms with Crippen LogP contribution in [0.2, 0.25) is 0 Å². The number of aryl methyl sites for hydroxylation is 1. The first-order valence-electron chi connectivity index (χ1n) is 9.71. The van der Waals surface area contributed by atoms with Gasteiger partial charge < -0.3 is 10.6 Å². The Morgan fingerprint density at radius 2 is 2.04 bits per heavy atom. The van der Waals surface area contributed by atoms with E-state index in [0.29, 0.717) is 19.6 Å². The van der Waals surface area contributed by atoms with E-state index in [2.05, 4.69) is 15.6 Å². The molecule has 1 aromatic rings. The third-order valence-electron chi connectivity index (χ3n) is 4.68. The molecule has 0 aliphatic carbocycles. The predicted octanol–water partition coefficient (Wildman–Crippen LogP) is 2.13. The normalized spacial score (nSPS) is 17.1. The van der Waals surface area contributed by atoms with Gasteiger partial charge in [0.25, 0.3) is 0 Å². The lowest BCUT2D eigenvalue weighted by Crippen LogP contribution is -2.50. The Morgan fingerprint density at radius 3 is 2.67 bits per heavy atom. The fourth-order valence-corrected chi connectivity index (χ4v) is 4.27. The number of hydrogen-bond donors (Lipinski definition) is 2. The van der Waals surface area contributed by atoms with Crippen molar-refractivity contribution < 1.29 is 12.8 Å². The molecular weight excluding hydrogens is 367 g/mol. The van der Waals surface area contributed by atoms with E-state index in [1.54, 1.807) is 23.4 Å². The maximum absolute atomic E-state index is 13.2. The van der Waals surface area contributed by atoms with E-state index in [0.717, 1.165) is 43.8 Å². The Kier molecular flexibility index (Phi) is 8.50. The lowest BCUT2D eigenvalue weighted by molar-refractivity contribution is 0.306. The van der Waals surface area contributed by atoms with Crippen LogP contribution in [0.1, 0.15) is 38.7 Å². The zero-order chi connectivity index (χ0) is 19.7. The zero-order valence-electron chi connectivity index (χ0n) is 16.2. The number of piperidine rings is 1. The maximum atomic E-state index is 13.2. The summed E-state index contributed by atoms with van der Waals surface area (Å²) < 4.78 is 38.7. The first-order chi connectivity index (χ1) is 12.9. The van der Waals surface area contributed by atoms with E-state index < -0.39 is 10.0 Å². The number of hydrogen-bond acceptors (Lipinski definition) is 3. The predicted molar refractivity (Wildman–Crippen MR) is 108 cm³/mol. The van der Waals surface area contributed by atoms with Gasteiger partial charge in [-0.15, -0.1) is 0 Å². The molecule has 1 fully saturated rings. The van der Waals surface area contributed by atoms with Crippen LogP contribution in [0.4, 0.5) is 4.39 Å². The average molecular weight is 399 g/mol. The highest BCUT2D eigenvalue weighted by molar-refractivity contribution is 7.89. The third-order valence-corrected chi connectivity index (χ3v) is 6.56. The van der Waals surface area contributed by atoms with Gasteiger partial charge >= 0.3 is 0 Å². The summed E-state index contributed by atoms with van der Waals surface area (Å²) in [5, 5.41) is 6.65. The van der Waals surface area contributed by atoms with Crippen molar-refractivity contribution in [3.8, 4) is 0 Å². The van der Waals surface area contributed by atoms with Gasteiger partial charge in [0, 0.05) is 32.2 Å². The fourth-order valence-electron chi connectivity index (χ4n) is 3.14. The summed E-state index contributed by atoms with van der Waals surface area (Å²) in [5.41, 5.74) is 0.979. The van der Waals surface area contributed by atoms with Crippen molar-refractivity contribution >= 4 is 16.0 Å². The molecule has 0 bridgehead atoms. The molecule has 0 aromatic heterocycles. The standard InChI is InChI=1S/C19H31FN4O2S/c1-3-21-19(22-12-6-8-16-7-5-9-17(20)15-16)23-18-10-13-24(14-11-18)27(25,26)4-2/h5,7,9,15,18H,3-4,6,8,10-14H2,1-2H3,(H2,21,22,23). The molecule has 152 valence electrons. The van der Waals surface area contributed by atoms with Crippen LogP contribution in [0.15, 0.2) is 29.3 Å². The van der Waals surface area contributed by atoms with Crippen molar-refractivity contribution in [3.63, 3.8) is 0 Å². The lowest BCUT2D eigenvalue weighted by Gasteiger charge is -2.32. The van der Waals surface area contributed by atoms with Crippen LogP contribution in [-0.4, -0.2) is 56.7 Å². The van der Waals surface area contributed by atoms with Crippen molar-refractivity contribution in [1.82, 2.24) is 14.9 Å². The second-order valence-electron chi connectivity index (χ2n) is 6.71. The van der Waals surface area contributed by atoms with Gasteiger partial charge in [-0.05, 0) is 57.2 Å². The molecule has 2 N–H and O–H groups in total. The average Bonchev–Trinajstić information content (AvgIpc) is 2.66. The molecule has 1 aliphatic heterocycles. The molecule has 0 unspecified atom stereocenters. The topological polar surface area (TPSA) is 73.8 Å². The van der Waals surface area contributed by atoms with Gasteiger partial charge in [-0.1, -0.05) is 12.1 Å². The molecule has 8 heteroatoms. The molecule has 6 nitrogen and oxygen atoms in total. The van der Waals surface area contributed by atoms with Gasteiger partial charge in [0.05, 0.1) is 5.75 Å². The van der Waals surface area contributed by atoms with Crippen LogP contribution >= 0.6 is 0 Å². The maximum Gasteiger partial charge on any atom is 0.213 e. The second kappa shape index (κ2) is 10.6. The minimum absolute atomic E-state index is 0.153. The van der Waals surface area contributed by atoms with Gasteiger partial charge in [0.1, 0.15) is 5.82 Å². The number of nitrogens with one attached hydrogen (secondary N) is 2. The van der Waals surface area contributed by atoms with Crippen molar-refractivity contribution in [1.29, 1.82) is 0 Å². The molecule has 1 heterocycles. The Hall–Kier alpha value is -1.67. The molecular formula is C19H31FN4O2S. The minimum atomic E-state index is -3.10. The largest absolute Gasteiger partial charge is 0.357 e. The molecule has 1 saturated heterocycles. The van der Waals surface area contributed by atoms with Crippen molar-refractivity contribution in [2.75, 3.05) is 31.9 Å². The van der Waals surface area contributed by atoms with Crippen molar-refractivity contribution in [2.24, 2.45) is 4.99 Å². The number of sulfonamides is 1. The van der Waals surface area contributed by atoms with E-state index in [9.17, 15) is 12.8 Å². The molecule has 1 aromatic carbocycles. The van der Waals surface area contributed by atoms with E-state index in [1.165, 1.54) is 6.07 Å². The van der Waals surface area contributed by atoms with Crippen molar-refractivity contribution in [2.45, 2.75) is 45.6 Å². The first kappa shape index (κ1) is 21.6. The first-order valence-corrected chi connectivity index (χ1v) is 11.3. The number of nitrogens with zero attached hydrogens (tertiary/aromatic N) is 2. The van der Waals surface area contributed by atoms with Gasteiger partial charge in [-0.3, -0.25) is 4.99 Å². The zero-order valence-corrected chi connectivity index (χ0v) is 17.1. The SMILES string of the molecule is CCNC(=NCCCc1cccc(F)c1)NC1CCN(S(=O)(=O)CC)CC1. The third kappa shape index (κ3) is 7.10. The van der Waals surface area contributed by atoms with Crippen molar-refractivity contribution in [3.05, 3.63) is 35.6 Å². The summed E-state index contributed by atoms with van der Waals surface area (Å²) in [6.07, 6.45) is 3.17. The smallest absolute Gasteiger partial charge is 0.213 e. The summed E-state index contributed by atoms with van der Waals surface area (Å²) in [7, 11) is -3.10. The summed E-state index contributed by atoms with van der Waals surface area (Å²) in [6.45, 7) is 6.20. The van der Waals surface area contributed by atoms with Crippen LogP contribution in [-0.2, 0) is 16.4 Å². The summed E-state index contributed by atoms with van der Waals surface area (Å²) >= 11 is 0. The number of rotatable bonds is 8. The van der Waals surface area contributed by atoms with Crippen LogP contribution in [0, 0.1) is 5.82 Å². The molecule has 0 radical (unpaired) electrons. The Labute approximate surface area is 162 Å². The highest BCUT2D eigenvalue weighted by Gasteiger charge is 2.26. The molecule has 0 amide bonds. The quantitative estimate of drug-likeness (QED) is 0.400. The van der Waals surface area contributed by atoms with Gasteiger partial charge in [0.15, 0.2) is 5.96 Å².